The summed E-state index contributed by atoms with van der Waals surface area (Å²) in [5.41, 5.74) is 1.12. The van der Waals surface area contributed by atoms with Crippen LogP contribution in [0.25, 0.3) is 10.8 Å². The zero-order valence-electron chi connectivity index (χ0n) is 16.2. The van der Waals surface area contributed by atoms with Crippen molar-refractivity contribution in [3.63, 3.8) is 0 Å². The molecule has 0 aliphatic heterocycles. The molecule has 0 saturated heterocycles. The van der Waals surface area contributed by atoms with Crippen LogP contribution >= 0.6 is 0 Å². The molecule has 3 heteroatoms. The van der Waals surface area contributed by atoms with E-state index in [0.29, 0.717) is 5.92 Å². The van der Waals surface area contributed by atoms with E-state index in [0.717, 1.165) is 28.5 Å². The summed E-state index contributed by atoms with van der Waals surface area (Å²) in [4.78, 5) is 12.8. The summed E-state index contributed by atoms with van der Waals surface area (Å²) < 4.78 is 6.02. The van der Waals surface area contributed by atoms with Gasteiger partial charge in [-0.2, -0.15) is 0 Å². The monoisotopic (exact) mass is 361 g/mol. The van der Waals surface area contributed by atoms with Gasteiger partial charge in [0, 0.05) is 5.39 Å². The Morgan fingerprint density at radius 2 is 1.56 bits per heavy atom. The molecule has 3 rings (SSSR count). The van der Waals surface area contributed by atoms with Crippen molar-refractivity contribution in [2.75, 3.05) is 0 Å². The van der Waals surface area contributed by atoms with E-state index in [9.17, 15) is 4.79 Å². The molecule has 1 N–H and O–H groups in total. The second-order valence-corrected chi connectivity index (χ2v) is 7.34. The van der Waals surface area contributed by atoms with Gasteiger partial charge in [0.05, 0.1) is 6.04 Å². The van der Waals surface area contributed by atoms with Gasteiger partial charge in [-0.1, -0.05) is 80.6 Å². The van der Waals surface area contributed by atoms with Gasteiger partial charge in [0.1, 0.15) is 5.75 Å². The maximum Gasteiger partial charge on any atom is 0.261 e. The Morgan fingerprint density at radius 1 is 0.889 bits per heavy atom. The summed E-state index contributed by atoms with van der Waals surface area (Å²) >= 11 is 0. The normalized spacial score (nSPS) is 13.3. The molecular weight excluding hydrogens is 334 g/mol. The van der Waals surface area contributed by atoms with E-state index >= 15 is 0 Å². The molecule has 140 valence electrons. The van der Waals surface area contributed by atoms with Crippen molar-refractivity contribution in [2.45, 2.75) is 39.3 Å². The van der Waals surface area contributed by atoms with Gasteiger partial charge >= 0.3 is 0 Å². The number of carbonyl (C=O) groups excluding carboxylic acids is 1. The summed E-state index contributed by atoms with van der Waals surface area (Å²) in [6.45, 7) is 6.13. The number of ether oxygens (including phenoxy) is 1. The van der Waals surface area contributed by atoms with Crippen molar-refractivity contribution < 1.29 is 9.53 Å². The van der Waals surface area contributed by atoms with Gasteiger partial charge in [0.25, 0.3) is 5.91 Å². The van der Waals surface area contributed by atoms with Gasteiger partial charge < -0.3 is 10.1 Å². The minimum absolute atomic E-state index is 0.0164. The van der Waals surface area contributed by atoms with E-state index in [4.69, 9.17) is 4.74 Å². The van der Waals surface area contributed by atoms with Gasteiger partial charge in [-0.25, -0.2) is 0 Å². The number of hydrogen-bond donors (Lipinski definition) is 1. The van der Waals surface area contributed by atoms with Gasteiger partial charge in [-0.3, -0.25) is 4.79 Å². The van der Waals surface area contributed by atoms with Gasteiger partial charge in [0.2, 0.25) is 0 Å². The fraction of sp³-hybridized carbons (Fsp3) is 0.292. The second kappa shape index (κ2) is 8.72. The van der Waals surface area contributed by atoms with Crippen LogP contribution in [0, 0.1) is 5.92 Å². The SMILES string of the molecule is CC(C)C[C@@H](NC(=O)[C@@H](C)Oc1cccc2ccccc12)c1ccccc1. The standard InChI is InChI=1S/C24H27NO2/c1-17(2)16-22(20-11-5-4-6-12-20)25-24(26)18(3)27-23-15-9-13-19-10-7-8-14-21(19)23/h4-15,17-18,22H,16H2,1-3H3,(H,25,26)/t18-,22-/m1/s1. The van der Waals surface area contributed by atoms with Crippen molar-refractivity contribution in [1.82, 2.24) is 5.32 Å². The fourth-order valence-electron chi connectivity index (χ4n) is 3.27. The van der Waals surface area contributed by atoms with E-state index < -0.39 is 6.10 Å². The molecule has 0 aliphatic rings. The van der Waals surface area contributed by atoms with Gasteiger partial charge in [-0.15, -0.1) is 0 Å². The number of rotatable bonds is 7. The maximum atomic E-state index is 12.8. The first-order chi connectivity index (χ1) is 13.0. The van der Waals surface area contributed by atoms with E-state index in [1.807, 2.05) is 60.7 Å². The predicted molar refractivity (Wildman–Crippen MR) is 111 cm³/mol. The topological polar surface area (TPSA) is 38.3 Å². The van der Waals surface area contributed by atoms with Crippen LogP contribution in [0.15, 0.2) is 72.8 Å². The second-order valence-electron chi connectivity index (χ2n) is 7.34. The maximum absolute atomic E-state index is 12.8. The largest absolute Gasteiger partial charge is 0.480 e. The number of benzene rings is 3. The smallest absolute Gasteiger partial charge is 0.261 e. The predicted octanol–water partition coefficient (Wildman–Crippen LogP) is 5.51. The third-order valence-corrected chi connectivity index (χ3v) is 4.65. The summed E-state index contributed by atoms with van der Waals surface area (Å²) in [6, 6.07) is 24.0. The van der Waals surface area contributed by atoms with Crippen LogP contribution in [0.3, 0.4) is 0 Å². The molecule has 0 heterocycles. The first-order valence-electron chi connectivity index (χ1n) is 9.54. The number of fused-ring (bicyclic) bond motifs is 1. The van der Waals surface area contributed by atoms with Crippen molar-refractivity contribution in [3.05, 3.63) is 78.4 Å². The Hall–Kier alpha value is -2.81. The summed E-state index contributed by atoms with van der Waals surface area (Å²) in [5.74, 6) is 1.11. The highest BCUT2D eigenvalue weighted by Gasteiger charge is 2.21. The highest BCUT2D eigenvalue weighted by Crippen LogP contribution is 2.26. The lowest BCUT2D eigenvalue weighted by atomic mass is 9.97. The summed E-state index contributed by atoms with van der Waals surface area (Å²) in [7, 11) is 0. The van der Waals surface area contributed by atoms with Gasteiger partial charge in [0.15, 0.2) is 6.10 Å². The van der Waals surface area contributed by atoms with Crippen LogP contribution < -0.4 is 10.1 Å². The molecule has 3 nitrogen and oxygen atoms in total. The zero-order valence-corrected chi connectivity index (χ0v) is 16.2. The summed E-state index contributed by atoms with van der Waals surface area (Å²) in [5, 5.41) is 5.29. The zero-order chi connectivity index (χ0) is 19.2. The lowest BCUT2D eigenvalue weighted by Crippen LogP contribution is -2.39. The Labute approximate surface area is 161 Å². The minimum atomic E-state index is -0.575. The molecule has 0 bridgehead atoms. The van der Waals surface area contributed by atoms with Crippen LogP contribution in [0.5, 0.6) is 5.75 Å². The number of nitrogens with one attached hydrogen (secondary N) is 1. The van der Waals surface area contributed by atoms with Gasteiger partial charge in [-0.05, 0) is 36.3 Å². The molecule has 1 amide bonds. The van der Waals surface area contributed by atoms with Crippen LogP contribution in [-0.4, -0.2) is 12.0 Å². The van der Waals surface area contributed by atoms with Crippen LogP contribution in [0.1, 0.15) is 38.8 Å². The molecule has 0 aromatic heterocycles. The van der Waals surface area contributed by atoms with Crippen molar-refractivity contribution >= 4 is 16.7 Å². The molecule has 0 saturated carbocycles. The molecule has 0 spiro atoms. The average molecular weight is 361 g/mol. The van der Waals surface area contributed by atoms with Crippen molar-refractivity contribution in [2.24, 2.45) is 5.92 Å². The Kier molecular flexibility index (Phi) is 6.12. The van der Waals surface area contributed by atoms with E-state index in [2.05, 4.69) is 31.3 Å². The molecule has 3 aromatic carbocycles. The molecule has 2 atom stereocenters. The summed E-state index contributed by atoms with van der Waals surface area (Å²) in [6.07, 6.45) is 0.311. The lowest BCUT2D eigenvalue weighted by molar-refractivity contribution is -0.128. The van der Waals surface area contributed by atoms with Crippen molar-refractivity contribution in [1.29, 1.82) is 0 Å². The molecule has 27 heavy (non-hydrogen) atoms. The quantitative estimate of drug-likeness (QED) is 0.602. The minimum Gasteiger partial charge on any atom is -0.480 e. The lowest BCUT2D eigenvalue weighted by Gasteiger charge is -2.24. The van der Waals surface area contributed by atoms with Crippen LogP contribution in [0.4, 0.5) is 0 Å². The average Bonchev–Trinajstić information content (AvgIpc) is 2.68. The van der Waals surface area contributed by atoms with Crippen LogP contribution in [0.2, 0.25) is 0 Å². The van der Waals surface area contributed by atoms with E-state index in [1.54, 1.807) is 6.92 Å². The first-order valence-corrected chi connectivity index (χ1v) is 9.54. The molecular formula is C24H27NO2. The van der Waals surface area contributed by atoms with Crippen molar-refractivity contribution in [3.8, 4) is 5.75 Å². The Bertz CT molecular complexity index is 884. The molecule has 0 unspecified atom stereocenters. The molecule has 0 fully saturated rings. The highest BCUT2D eigenvalue weighted by atomic mass is 16.5. The fourth-order valence-corrected chi connectivity index (χ4v) is 3.27. The third kappa shape index (κ3) is 4.88. The molecule has 3 aromatic rings. The van der Waals surface area contributed by atoms with Crippen LogP contribution in [-0.2, 0) is 4.79 Å². The molecule has 0 aliphatic carbocycles. The number of carbonyl (C=O) groups is 1. The number of hydrogen-bond acceptors (Lipinski definition) is 2. The Morgan fingerprint density at radius 3 is 2.30 bits per heavy atom. The number of amides is 1. The Balaban J connectivity index is 1.73. The first kappa shape index (κ1) is 19.0. The highest BCUT2D eigenvalue weighted by molar-refractivity contribution is 5.89. The van der Waals surface area contributed by atoms with E-state index in [-0.39, 0.29) is 11.9 Å². The van der Waals surface area contributed by atoms with E-state index in [1.165, 1.54) is 0 Å². The molecule has 0 radical (unpaired) electrons. The third-order valence-electron chi connectivity index (χ3n) is 4.65.